The second-order valence-electron chi connectivity index (χ2n) is 2.62. The Morgan fingerprint density at radius 3 is 2.50 bits per heavy atom. The third-order valence-electron chi connectivity index (χ3n) is 1.64. The second kappa shape index (κ2) is 6.04. The average molecular weight is 278 g/mol. The van der Waals surface area contributed by atoms with E-state index >= 15 is 0 Å². The Balaban J connectivity index is 2.63. The lowest BCUT2D eigenvalue weighted by molar-refractivity contribution is 0.102. The van der Waals surface area contributed by atoms with E-state index in [4.69, 9.17) is 16.3 Å². The molecule has 0 radical (unpaired) electrons. The highest BCUT2D eigenvalue weighted by Crippen LogP contribution is 2.13. The number of carbonyl (C=O) groups excluding carboxylic acids is 1. The van der Waals surface area contributed by atoms with E-state index < -0.39 is 0 Å². The van der Waals surface area contributed by atoms with E-state index in [0.29, 0.717) is 23.4 Å². The fourth-order valence-electron chi connectivity index (χ4n) is 0.971. The molecule has 0 aliphatic rings. The fraction of sp³-hybridized carbons (Fsp3) is 0.300. The van der Waals surface area contributed by atoms with Crippen LogP contribution in [0.15, 0.2) is 24.3 Å². The van der Waals surface area contributed by atoms with Crippen LogP contribution in [0.4, 0.5) is 0 Å². The van der Waals surface area contributed by atoms with Crippen molar-refractivity contribution in [1.82, 2.24) is 0 Å². The summed E-state index contributed by atoms with van der Waals surface area (Å²) in [6.45, 7) is 0.479. The summed E-state index contributed by atoms with van der Waals surface area (Å²) in [7, 11) is 0. The van der Waals surface area contributed by atoms with Gasteiger partial charge in [-0.15, -0.1) is 11.6 Å². The predicted octanol–water partition coefficient (Wildman–Crippen LogP) is 2.88. The van der Waals surface area contributed by atoms with Crippen LogP contribution in [0.1, 0.15) is 10.4 Å². The van der Waals surface area contributed by atoms with E-state index in [2.05, 4.69) is 15.9 Å². The van der Waals surface area contributed by atoms with Crippen molar-refractivity contribution in [3.63, 3.8) is 0 Å². The molecule has 2 nitrogen and oxygen atoms in total. The van der Waals surface area contributed by atoms with Crippen LogP contribution in [0.5, 0.6) is 5.75 Å². The van der Waals surface area contributed by atoms with Gasteiger partial charge in [0.1, 0.15) is 12.4 Å². The highest BCUT2D eigenvalue weighted by Gasteiger charge is 2.02. The first kappa shape index (κ1) is 11.5. The number of Topliss-reactive ketones (excluding diaryl/α,β-unsaturated/α-hetero) is 1. The second-order valence-corrected chi connectivity index (χ2v) is 3.56. The van der Waals surface area contributed by atoms with E-state index in [1.54, 1.807) is 24.3 Å². The quantitative estimate of drug-likeness (QED) is 0.611. The maximum absolute atomic E-state index is 11.2. The number of hydrogen-bond donors (Lipinski definition) is 0. The monoisotopic (exact) mass is 276 g/mol. The maximum Gasteiger partial charge on any atom is 0.173 e. The molecule has 0 unspecified atom stereocenters. The van der Waals surface area contributed by atoms with Crippen molar-refractivity contribution in [2.45, 2.75) is 0 Å². The molecule has 76 valence electrons. The number of carbonyl (C=O) groups is 1. The van der Waals surface area contributed by atoms with E-state index in [0.717, 1.165) is 5.75 Å². The zero-order valence-corrected chi connectivity index (χ0v) is 9.85. The molecule has 0 amide bonds. The third-order valence-corrected chi connectivity index (χ3v) is 2.31. The summed E-state index contributed by atoms with van der Waals surface area (Å²) in [6, 6.07) is 7.02. The van der Waals surface area contributed by atoms with Gasteiger partial charge in [-0.1, -0.05) is 15.9 Å². The molecular formula is C10H10BrClO2. The summed E-state index contributed by atoms with van der Waals surface area (Å²) in [5.41, 5.74) is 0.681. The molecule has 4 heteroatoms. The summed E-state index contributed by atoms with van der Waals surface area (Å²) < 4.78 is 5.27. The Morgan fingerprint density at radius 2 is 2.00 bits per heavy atom. The van der Waals surface area contributed by atoms with Gasteiger partial charge in [0.2, 0.25) is 0 Å². The molecule has 0 atom stereocenters. The number of ether oxygens (including phenoxy) is 1. The summed E-state index contributed by atoms with van der Waals surface area (Å²) >= 11 is 8.58. The van der Waals surface area contributed by atoms with Crippen molar-refractivity contribution < 1.29 is 9.53 Å². The lowest BCUT2D eigenvalue weighted by Crippen LogP contribution is -2.01. The standard InChI is InChI=1S/C10H10BrClO2/c11-7-10(13)8-1-3-9(4-2-8)14-6-5-12/h1-4H,5-7H2. The number of halogens is 2. The summed E-state index contributed by atoms with van der Waals surface area (Å²) in [4.78, 5) is 11.2. The highest BCUT2D eigenvalue weighted by molar-refractivity contribution is 9.09. The largest absolute Gasteiger partial charge is 0.492 e. The zero-order valence-electron chi connectivity index (χ0n) is 7.50. The van der Waals surface area contributed by atoms with Crippen LogP contribution < -0.4 is 4.74 Å². The van der Waals surface area contributed by atoms with Crippen LogP contribution in [0.25, 0.3) is 0 Å². The molecule has 0 spiro atoms. The molecule has 0 aromatic heterocycles. The molecule has 0 heterocycles. The van der Waals surface area contributed by atoms with Gasteiger partial charge in [0.05, 0.1) is 11.2 Å². The van der Waals surface area contributed by atoms with Crippen LogP contribution in [-0.4, -0.2) is 23.6 Å². The molecule has 0 saturated carbocycles. The van der Waals surface area contributed by atoms with E-state index in [9.17, 15) is 4.79 Å². The fourth-order valence-corrected chi connectivity index (χ4v) is 1.37. The number of alkyl halides is 2. The summed E-state index contributed by atoms with van der Waals surface area (Å²) in [5.74, 6) is 1.26. The average Bonchev–Trinajstić information content (AvgIpc) is 2.26. The van der Waals surface area contributed by atoms with Crippen LogP contribution in [0.3, 0.4) is 0 Å². The van der Waals surface area contributed by atoms with Crippen molar-refractivity contribution >= 4 is 33.3 Å². The molecule has 0 N–H and O–H groups in total. The van der Waals surface area contributed by atoms with Gasteiger partial charge < -0.3 is 4.74 Å². The van der Waals surface area contributed by atoms with Gasteiger partial charge in [-0.3, -0.25) is 4.79 Å². The summed E-state index contributed by atoms with van der Waals surface area (Å²) in [6.07, 6.45) is 0. The minimum absolute atomic E-state index is 0.0638. The minimum atomic E-state index is 0.0638. The molecule has 0 aliphatic heterocycles. The Labute approximate surface area is 96.3 Å². The van der Waals surface area contributed by atoms with Crippen molar-refractivity contribution in [2.24, 2.45) is 0 Å². The first-order chi connectivity index (χ1) is 6.77. The van der Waals surface area contributed by atoms with Crippen molar-refractivity contribution in [1.29, 1.82) is 0 Å². The van der Waals surface area contributed by atoms with Crippen LogP contribution in [-0.2, 0) is 0 Å². The van der Waals surface area contributed by atoms with Gasteiger partial charge in [-0.05, 0) is 24.3 Å². The van der Waals surface area contributed by atoms with Gasteiger partial charge in [0.25, 0.3) is 0 Å². The van der Waals surface area contributed by atoms with Crippen LogP contribution in [0.2, 0.25) is 0 Å². The molecule has 0 fully saturated rings. The lowest BCUT2D eigenvalue weighted by atomic mass is 10.1. The van der Waals surface area contributed by atoms with E-state index in [-0.39, 0.29) is 5.78 Å². The molecule has 1 rings (SSSR count). The number of rotatable bonds is 5. The molecule has 0 bridgehead atoms. The topological polar surface area (TPSA) is 26.3 Å². The molecule has 14 heavy (non-hydrogen) atoms. The van der Waals surface area contributed by atoms with Gasteiger partial charge in [-0.25, -0.2) is 0 Å². The predicted molar refractivity (Wildman–Crippen MR) is 60.8 cm³/mol. The van der Waals surface area contributed by atoms with Crippen LogP contribution >= 0.6 is 27.5 Å². The molecule has 1 aromatic carbocycles. The van der Waals surface area contributed by atoms with Crippen molar-refractivity contribution in [3.05, 3.63) is 29.8 Å². The Morgan fingerprint density at radius 1 is 1.36 bits per heavy atom. The van der Waals surface area contributed by atoms with Gasteiger partial charge in [0.15, 0.2) is 5.78 Å². The first-order valence-corrected chi connectivity index (χ1v) is 5.81. The Bertz CT molecular complexity index is 297. The SMILES string of the molecule is O=C(CBr)c1ccc(OCCCl)cc1. The summed E-state index contributed by atoms with van der Waals surface area (Å²) in [5, 5.41) is 0.342. The number of ketones is 1. The van der Waals surface area contributed by atoms with Crippen LogP contribution in [0, 0.1) is 0 Å². The molecule has 1 aromatic rings. The smallest absolute Gasteiger partial charge is 0.173 e. The Kier molecular flexibility index (Phi) is 4.98. The third kappa shape index (κ3) is 3.31. The maximum atomic E-state index is 11.2. The molecule has 0 saturated heterocycles. The first-order valence-electron chi connectivity index (χ1n) is 4.16. The minimum Gasteiger partial charge on any atom is -0.492 e. The van der Waals surface area contributed by atoms with Gasteiger partial charge in [-0.2, -0.15) is 0 Å². The van der Waals surface area contributed by atoms with E-state index in [1.807, 2.05) is 0 Å². The molecule has 0 aliphatic carbocycles. The van der Waals surface area contributed by atoms with Gasteiger partial charge in [0, 0.05) is 5.56 Å². The zero-order chi connectivity index (χ0) is 10.4. The lowest BCUT2D eigenvalue weighted by Gasteiger charge is -2.03. The normalized spacial score (nSPS) is 9.86. The van der Waals surface area contributed by atoms with Crippen molar-refractivity contribution in [3.8, 4) is 5.75 Å². The van der Waals surface area contributed by atoms with E-state index in [1.165, 1.54) is 0 Å². The highest BCUT2D eigenvalue weighted by atomic mass is 79.9. The Hall–Kier alpha value is -0.540. The number of benzene rings is 1. The van der Waals surface area contributed by atoms with Gasteiger partial charge >= 0.3 is 0 Å². The molecular weight excluding hydrogens is 267 g/mol. The number of hydrogen-bond acceptors (Lipinski definition) is 2. The van der Waals surface area contributed by atoms with Crippen molar-refractivity contribution in [2.75, 3.05) is 17.8 Å².